The molecule has 1 nitrogen and oxygen atoms in total. The van der Waals surface area contributed by atoms with E-state index in [-0.39, 0.29) is 5.60 Å². The topological polar surface area (TPSA) is 12.5 Å². The van der Waals surface area contributed by atoms with Crippen LogP contribution in [0.5, 0.6) is 0 Å². The fourth-order valence-electron chi connectivity index (χ4n) is 1.15. The van der Waals surface area contributed by atoms with Gasteiger partial charge in [0.05, 0.1) is 6.61 Å². The average Bonchev–Trinajstić information content (AvgIpc) is 2.70. The van der Waals surface area contributed by atoms with Gasteiger partial charge in [-0.15, -0.1) is 0 Å². The third-order valence-corrected chi connectivity index (χ3v) is 2.35. The monoisotopic (exact) mass is 168 g/mol. The lowest BCUT2D eigenvalue weighted by Gasteiger charge is -2.06. The van der Waals surface area contributed by atoms with Crippen molar-refractivity contribution >= 4 is 11.6 Å². The van der Waals surface area contributed by atoms with Crippen LogP contribution >= 0.6 is 11.6 Å². The standard InChI is InChI=1S/C9H9ClO/c1-9(6-11-9)7-4-2-3-5-8(7)10/h2-5H,6H2,1H3/t9-/m0/s1. The normalized spacial score (nSPS) is 28.5. The largest absolute Gasteiger partial charge is 0.365 e. The van der Waals surface area contributed by atoms with E-state index in [1.165, 1.54) is 0 Å². The van der Waals surface area contributed by atoms with Crippen LogP contribution in [0.4, 0.5) is 0 Å². The van der Waals surface area contributed by atoms with Gasteiger partial charge in [-0.1, -0.05) is 29.8 Å². The minimum atomic E-state index is -0.0989. The Morgan fingerprint density at radius 3 is 2.64 bits per heavy atom. The summed E-state index contributed by atoms with van der Waals surface area (Å²) >= 11 is 5.97. The first-order valence-electron chi connectivity index (χ1n) is 3.61. The van der Waals surface area contributed by atoms with E-state index >= 15 is 0 Å². The molecule has 1 aliphatic heterocycles. The van der Waals surface area contributed by atoms with Gasteiger partial charge in [0.15, 0.2) is 0 Å². The second kappa shape index (κ2) is 2.23. The fraction of sp³-hybridized carbons (Fsp3) is 0.333. The van der Waals surface area contributed by atoms with Gasteiger partial charge in [-0.05, 0) is 13.0 Å². The zero-order valence-corrected chi connectivity index (χ0v) is 7.06. The Kier molecular flexibility index (Phi) is 1.44. The van der Waals surface area contributed by atoms with E-state index in [9.17, 15) is 0 Å². The van der Waals surface area contributed by atoms with Gasteiger partial charge in [-0.25, -0.2) is 0 Å². The van der Waals surface area contributed by atoms with E-state index in [0.29, 0.717) is 0 Å². The minimum Gasteiger partial charge on any atom is -0.365 e. The SMILES string of the molecule is C[C@@]1(c2ccccc2Cl)CO1. The van der Waals surface area contributed by atoms with Crippen molar-refractivity contribution in [3.8, 4) is 0 Å². The van der Waals surface area contributed by atoms with E-state index in [0.717, 1.165) is 17.2 Å². The van der Waals surface area contributed by atoms with Crippen LogP contribution in [0.25, 0.3) is 0 Å². The van der Waals surface area contributed by atoms with Crippen molar-refractivity contribution < 1.29 is 4.74 Å². The van der Waals surface area contributed by atoms with Gasteiger partial charge >= 0.3 is 0 Å². The summed E-state index contributed by atoms with van der Waals surface area (Å²) in [4.78, 5) is 0. The van der Waals surface area contributed by atoms with Crippen LogP contribution in [0, 0.1) is 0 Å². The first-order valence-corrected chi connectivity index (χ1v) is 3.99. The Balaban J connectivity index is 2.45. The van der Waals surface area contributed by atoms with Crippen LogP contribution in [0.1, 0.15) is 12.5 Å². The summed E-state index contributed by atoms with van der Waals surface area (Å²) in [6.07, 6.45) is 0. The molecule has 0 N–H and O–H groups in total. The molecule has 1 heterocycles. The van der Waals surface area contributed by atoms with Gasteiger partial charge < -0.3 is 4.74 Å². The van der Waals surface area contributed by atoms with Crippen LogP contribution < -0.4 is 0 Å². The Bertz CT molecular complexity index is 279. The zero-order chi connectivity index (χ0) is 7.90. The maximum Gasteiger partial charge on any atom is 0.115 e. The van der Waals surface area contributed by atoms with Crippen molar-refractivity contribution in [2.24, 2.45) is 0 Å². The van der Waals surface area contributed by atoms with Crippen molar-refractivity contribution in [2.45, 2.75) is 12.5 Å². The molecule has 11 heavy (non-hydrogen) atoms. The molecule has 0 unspecified atom stereocenters. The average molecular weight is 169 g/mol. The van der Waals surface area contributed by atoms with Crippen LogP contribution in [0.15, 0.2) is 24.3 Å². The highest BCUT2D eigenvalue weighted by Crippen LogP contribution is 2.41. The highest BCUT2D eigenvalue weighted by atomic mass is 35.5. The quantitative estimate of drug-likeness (QED) is 0.588. The number of ether oxygens (including phenoxy) is 1. The maximum atomic E-state index is 5.97. The van der Waals surface area contributed by atoms with E-state index in [2.05, 4.69) is 0 Å². The Hall–Kier alpha value is -0.530. The van der Waals surface area contributed by atoms with Crippen LogP contribution in [-0.2, 0) is 10.3 Å². The maximum absolute atomic E-state index is 5.97. The van der Waals surface area contributed by atoms with Crippen molar-refractivity contribution in [3.63, 3.8) is 0 Å². The molecule has 58 valence electrons. The van der Waals surface area contributed by atoms with Gasteiger partial charge in [0.25, 0.3) is 0 Å². The van der Waals surface area contributed by atoms with E-state index in [1.54, 1.807) is 0 Å². The molecular formula is C9H9ClO. The van der Waals surface area contributed by atoms with Gasteiger partial charge in [0.1, 0.15) is 5.60 Å². The molecular weight excluding hydrogens is 160 g/mol. The number of hydrogen-bond donors (Lipinski definition) is 0. The highest BCUT2D eigenvalue weighted by molar-refractivity contribution is 6.31. The molecule has 1 aliphatic rings. The van der Waals surface area contributed by atoms with E-state index in [4.69, 9.17) is 16.3 Å². The molecule has 0 radical (unpaired) electrons. The van der Waals surface area contributed by atoms with Crippen molar-refractivity contribution in [1.29, 1.82) is 0 Å². The molecule has 2 rings (SSSR count). The van der Waals surface area contributed by atoms with E-state index in [1.807, 2.05) is 31.2 Å². The van der Waals surface area contributed by atoms with Crippen molar-refractivity contribution in [1.82, 2.24) is 0 Å². The van der Waals surface area contributed by atoms with E-state index < -0.39 is 0 Å². The van der Waals surface area contributed by atoms with Crippen LogP contribution in [0.2, 0.25) is 5.02 Å². The Labute approximate surface area is 70.9 Å². The van der Waals surface area contributed by atoms with Crippen molar-refractivity contribution in [3.05, 3.63) is 34.9 Å². The first kappa shape index (κ1) is 7.14. The molecule has 2 heteroatoms. The molecule has 0 amide bonds. The molecule has 0 saturated carbocycles. The van der Waals surface area contributed by atoms with Crippen LogP contribution in [-0.4, -0.2) is 6.61 Å². The number of halogens is 1. The number of benzene rings is 1. The van der Waals surface area contributed by atoms with Gasteiger partial charge in [0, 0.05) is 10.6 Å². The fourth-order valence-corrected chi connectivity index (χ4v) is 1.49. The second-order valence-electron chi connectivity index (χ2n) is 3.00. The molecule has 1 aromatic carbocycles. The predicted octanol–water partition coefficient (Wildman–Crippen LogP) is 2.59. The molecule has 1 fully saturated rings. The predicted molar refractivity (Wildman–Crippen MR) is 44.8 cm³/mol. The smallest absolute Gasteiger partial charge is 0.115 e. The molecule has 0 bridgehead atoms. The summed E-state index contributed by atoms with van der Waals surface area (Å²) in [5.41, 5.74) is 1.000. The summed E-state index contributed by atoms with van der Waals surface area (Å²) in [6, 6.07) is 7.81. The summed E-state index contributed by atoms with van der Waals surface area (Å²) < 4.78 is 5.28. The highest BCUT2D eigenvalue weighted by Gasteiger charge is 2.42. The van der Waals surface area contributed by atoms with Crippen molar-refractivity contribution in [2.75, 3.05) is 6.61 Å². The summed E-state index contributed by atoms with van der Waals surface area (Å²) in [7, 11) is 0. The Morgan fingerprint density at radius 1 is 1.45 bits per heavy atom. The third kappa shape index (κ3) is 1.15. The van der Waals surface area contributed by atoms with Crippen LogP contribution in [0.3, 0.4) is 0 Å². The summed E-state index contributed by atoms with van der Waals surface area (Å²) in [5, 5.41) is 0.799. The number of rotatable bonds is 1. The Morgan fingerprint density at radius 2 is 2.09 bits per heavy atom. The zero-order valence-electron chi connectivity index (χ0n) is 6.30. The molecule has 0 aliphatic carbocycles. The number of epoxide rings is 1. The minimum absolute atomic E-state index is 0.0989. The lowest BCUT2D eigenvalue weighted by Crippen LogP contribution is -2.01. The van der Waals surface area contributed by atoms with Gasteiger partial charge in [-0.2, -0.15) is 0 Å². The van der Waals surface area contributed by atoms with Gasteiger partial charge in [0.2, 0.25) is 0 Å². The summed E-state index contributed by atoms with van der Waals surface area (Å²) in [5.74, 6) is 0. The molecule has 1 aromatic rings. The molecule has 0 spiro atoms. The third-order valence-electron chi connectivity index (χ3n) is 2.02. The lowest BCUT2D eigenvalue weighted by atomic mass is 10.0. The first-order chi connectivity index (χ1) is 5.22. The number of hydrogen-bond acceptors (Lipinski definition) is 1. The second-order valence-corrected chi connectivity index (χ2v) is 3.41. The summed E-state index contributed by atoms with van der Waals surface area (Å²) in [6.45, 7) is 2.84. The lowest BCUT2D eigenvalue weighted by molar-refractivity contribution is 0.329. The van der Waals surface area contributed by atoms with Gasteiger partial charge in [-0.3, -0.25) is 0 Å². The molecule has 0 aromatic heterocycles. The molecule has 1 saturated heterocycles. The molecule has 1 atom stereocenters.